The molecule has 4 aliphatic heterocycles. The van der Waals surface area contributed by atoms with Crippen molar-refractivity contribution in [3.63, 3.8) is 0 Å². The van der Waals surface area contributed by atoms with Crippen LogP contribution >= 0.6 is 0 Å². The molecule has 5 unspecified atom stereocenters. The van der Waals surface area contributed by atoms with E-state index in [4.69, 9.17) is 28.4 Å². The number of carbonyl (C=O) groups is 2. The van der Waals surface area contributed by atoms with Gasteiger partial charge < -0.3 is 33.5 Å². The van der Waals surface area contributed by atoms with Gasteiger partial charge in [0.05, 0.1) is 26.4 Å². The summed E-state index contributed by atoms with van der Waals surface area (Å²) in [5.74, 6) is -3.42. The van der Waals surface area contributed by atoms with Crippen LogP contribution in [0.3, 0.4) is 0 Å². The van der Waals surface area contributed by atoms with Crippen molar-refractivity contribution in [1.29, 1.82) is 0 Å². The number of carbonyl (C=O) groups excluding carboxylic acids is 2. The second-order valence-corrected chi connectivity index (χ2v) is 9.52. The van der Waals surface area contributed by atoms with E-state index in [1.54, 1.807) is 41.5 Å². The lowest BCUT2D eigenvalue weighted by atomic mass is 10.0. The molecule has 4 heterocycles. The lowest BCUT2D eigenvalue weighted by Gasteiger charge is -2.44. The molecule has 0 N–H and O–H groups in total. The maximum Gasteiger partial charge on any atom is 0.391 e. The van der Waals surface area contributed by atoms with Crippen molar-refractivity contribution in [3.05, 3.63) is 11.5 Å². The summed E-state index contributed by atoms with van der Waals surface area (Å²) in [6.45, 7) is 11.2. The number of hydrogen-bond donors (Lipinski definition) is 0. The number of ether oxygens (including phenoxy) is 6. The fourth-order valence-electron chi connectivity index (χ4n) is 5.79. The van der Waals surface area contributed by atoms with Crippen molar-refractivity contribution < 1.29 is 47.6 Å². The minimum Gasteiger partial charge on any atom is -0.871 e. The average molecular weight is 456 g/mol. The summed E-state index contributed by atoms with van der Waals surface area (Å²) >= 11 is 0. The van der Waals surface area contributed by atoms with Gasteiger partial charge >= 0.3 is 11.9 Å². The first-order valence-corrected chi connectivity index (χ1v) is 11.3. The first-order valence-electron chi connectivity index (χ1n) is 11.3. The molecule has 10 nitrogen and oxygen atoms in total. The van der Waals surface area contributed by atoms with Crippen molar-refractivity contribution in [2.24, 2.45) is 0 Å². The number of nitrogens with zero attached hydrogens (tertiary/aromatic N) is 1. The van der Waals surface area contributed by atoms with Crippen LogP contribution in [0.25, 0.3) is 0 Å². The third kappa shape index (κ3) is 3.52. The van der Waals surface area contributed by atoms with E-state index in [1.807, 2.05) is 0 Å². The Labute approximate surface area is 187 Å². The minimum absolute atomic E-state index is 0.0670. The van der Waals surface area contributed by atoms with Gasteiger partial charge in [-0.05, 0) is 41.5 Å². The lowest BCUT2D eigenvalue weighted by Crippen LogP contribution is -2.65. The van der Waals surface area contributed by atoms with Crippen LogP contribution in [0.2, 0.25) is 0 Å². The molecular formula is C22H33NO9. The summed E-state index contributed by atoms with van der Waals surface area (Å²) in [6, 6.07) is -1.56. The van der Waals surface area contributed by atoms with Gasteiger partial charge in [-0.2, -0.15) is 0 Å². The molecule has 4 aliphatic rings. The van der Waals surface area contributed by atoms with Crippen LogP contribution in [0.4, 0.5) is 0 Å². The van der Waals surface area contributed by atoms with Crippen LogP contribution in [-0.4, -0.2) is 84.8 Å². The van der Waals surface area contributed by atoms with Gasteiger partial charge in [0.25, 0.3) is 0 Å². The third-order valence-corrected chi connectivity index (χ3v) is 6.64. The smallest absolute Gasteiger partial charge is 0.391 e. The van der Waals surface area contributed by atoms with Crippen LogP contribution < -0.4 is 5.11 Å². The molecule has 0 amide bonds. The van der Waals surface area contributed by atoms with E-state index in [1.165, 1.54) is 0 Å². The Morgan fingerprint density at radius 3 is 2.28 bits per heavy atom. The fraction of sp³-hybridized carbons (Fsp3) is 0.818. The summed E-state index contributed by atoms with van der Waals surface area (Å²) in [7, 11) is 0. The Kier molecular flexibility index (Phi) is 5.82. The van der Waals surface area contributed by atoms with E-state index >= 15 is 0 Å². The van der Waals surface area contributed by atoms with Gasteiger partial charge in [-0.15, -0.1) is 0 Å². The molecule has 4 rings (SSSR count). The van der Waals surface area contributed by atoms with E-state index in [2.05, 4.69) is 0 Å². The normalized spacial score (nSPS) is 39.5. The molecule has 180 valence electrons. The highest BCUT2D eigenvalue weighted by Crippen LogP contribution is 2.53. The minimum atomic E-state index is -0.968. The molecule has 0 radical (unpaired) electrons. The zero-order valence-electron chi connectivity index (χ0n) is 19.5. The Balaban J connectivity index is 1.88. The van der Waals surface area contributed by atoms with Gasteiger partial charge in [0.2, 0.25) is 11.7 Å². The molecule has 0 bridgehead atoms. The number of quaternary nitrogens is 1. The molecule has 3 saturated heterocycles. The number of hydrogen-bond acceptors (Lipinski definition) is 9. The maximum absolute atomic E-state index is 13.4. The first kappa shape index (κ1) is 23.4. The topological polar surface area (TPSA) is 113 Å². The largest absolute Gasteiger partial charge is 0.871 e. The average Bonchev–Trinajstić information content (AvgIpc) is 3.35. The lowest BCUT2D eigenvalue weighted by molar-refractivity contribution is -0.917. The fourth-order valence-corrected chi connectivity index (χ4v) is 5.79. The number of fused-ring (bicyclic) bond motifs is 1. The zero-order valence-corrected chi connectivity index (χ0v) is 19.5. The molecule has 0 aromatic carbocycles. The maximum atomic E-state index is 13.4. The van der Waals surface area contributed by atoms with Gasteiger partial charge in [-0.3, -0.25) is 4.48 Å². The van der Waals surface area contributed by atoms with E-state index in [0.717, 1.165) is 0 Å². The van der Waals surface area contributed by atoms with Gasteiger partial charge in [0.1, 0.15) is 12.2 Å². The highest BCUT2D eigenvalue weighted by atomic mass is 16.8. The van der Waals surface area contributed by atoms with Crippen LogP contribution in [0.1, 0.15) is 48.0 Å². The molecule has 10 heteroatoms. The summed E-state index contributed by atoms with van der Waals surface area (Å²) < 4.78 is 34.9. The molecule has 0 saturated carbocycles. The second-order valence-electron chi connectivity index (χ2n) is 9.52. The van der Waals surface area contributed by atoms with Gasteiger partial charge in [-0.25, -0.2) is 9.59 Å². The molecule has 32 heavy (non-hydrogen) atoms. The summed E-state index contributed by atoms with van der Waals surface area (Å²) in [6.07, 6.45) is -1.78. The first-order chi connectivity index (χ1) is 15.0. The summed E-state index contributed by atoms with van der Waals surface area (Å²) in [5.41, 5.74) is -0.0670. The van der Waals surface area contributed by atoms with Crippen LogP contribution in [0, 0.1) is 0 Å². The predicted molar refractivity (Wildman–Crippen MR) is 106 cm³/mol. The van der Waals surface area contributed by atoms with Gasteiger partial charge in [0.15, 0.2) is 23.7 Å². The standard InChI is InChI=1S/C22H33NO9/c1-7-27-19(25)14-12(24)9-10-23(14)15(13-11-29-21(3,4)30-13)17-18(32-22(5,6)31-17)16(23)20(26)28-8-2/h13,15-18H,7-11H2,1-6H3/t13-,15?,16?,17?,18?,23?/m1/s1. The molecule has 0 aliphatic carbocycles. The molecule has 3 fully saturated rings. The molecule has 1 spiro atoms. The van der Waals surface area contributed by atoms with E-state index < -0.39 is 53.9 Å². The molecule has 6 atom stereocenters. The highest BCUT2D eigenvalue weighted by Gasteiger charge is 2.75. The van der Waals surface area contributed by atoms with Crippen molar-refractivity contribution in [2.75, 3.05) is 26.4 Å². The van der Waals surface area contributed by atoms with Crippen LogP contribution in [-0.2, 0) is 38.0 Å². The second kappa shape index (κ2) is 7.95. The molecule has 0 aromatic heterocycles. The van der Waals surface area contributed by atoms with Crippen molar-refractivity contribution in [3.8, 4) is 0 Å². The van der Waals surface area contributed by atoms with Gasteiger partial charge in [-0.1, -0.05) is 5.76 Å². The van der Waals surface area contributed by atoms with Crippen LogP contribution in [0.15, 0.2) is 11.5 Å². The zero-order chi connectivity index (χ0) is 23.5. The Bertz CT molecular complexity index is 822. The number of esters is 2. The summed E-state index contributed by atoms with van der Waals surface area (Å²) in [4.78, 5) is 26.4. The molecule has 0 aromatic rings. The highest BCUT2D eigenvalue weighted by molar-refractivity contribution is 5.88. The monoisotopic (exact) mass is 455 g/mol. The van der Waals surface area contributed by atoms with Gasteiger partial charge in [0, 0.05) is 6.42 Å². The van der Waals surface area contributed by atoms with E-state index in [-0.39, 0.29) is 48.7 Å². The number of rotatable bonds is 5. The van der Waals surface area contributed by atoms with E-state index in [9.17, 15) is 14.7 Å². The van der Waals surface area contributed by atoms with E-state index in [0.29, 0.717) is 0 Å². The summed E-state index contributed by atoms with van der Waals surface area (Å²) in [5, 5.41) is 13.1. The quantitative estimate of drug-likeness (QED) is 0.427. The predicted octanol–water partition coefficient (Wildman–Crippen LogP) is 0.327. The van der Waals surface area contributed by atoms with Crippen molar-refractivity contribution in [2.45, 2.75) is 89.9 Å². The van der Waals surface area contributed by atoms with Crippen molar-refractivity contribution >= 4 is 11.9 Å². The Morgan fingerprint density at radius 1 is 1.03 bits per heavy atom. The Morgan fingerprint density at radius 2 is 1.69 bits per heavy atom. The molecular weight excluding hydrogens is 422 g/mol. The Hall–Kier alpha value is -1.72. The SMILES string of the molecule is CCOC(=O)C1=C([O-])CC[N+]12C(C(=O)OCC)C1OC(C)(C)OC1C2[C@H]1COC(C)(C)O1. The van der Waals surface area contributed by atoms with Crippen LogP contribution in [0.5, 0.6) is 0 Å². The van der Waals surface area contributed by atoms with Crippen molar-refractivity contribution in [1.82, 2.24) is 0 Å². The third-order valence-electron chi connectivity index (χ3n) is 6.64.